The van der Waals surface area contributed by atoms with Gasteiger partial charge in [0.25, 0.3) is 0 Å². The molecule has 3 rings (SSSR count). The molecule has 0 bridgehead atoms. The number of hydrogen-bond donors (Lipinski definition) is 1. The quantitative estimate of drug-likeness (QED) is 0.871. The van der Waals surface area contributed by atoms with Crippen LogP contribution in [0.15, 0.2) is 24.3 Å². The van der Waals surface area contributed by atoms with Crippen LogP contribution < -0.4 is 10.1 Å². The van der Waals surface area contributed by atoms with Crippen LogP contribution in [-0.2, 0) is 0 Å². The van der Waals surface area contributed by atoms with Crippen LogP contribution in [0.1, 0.15) is 24.9 Å². The van der Waals surface area contributed by atoms with Crippen molar-refractivity contribution in [3.8, 4) is 5.75 Å². The molecule has 1 fully saturated rings. The first-order chi connectivity index (χ1) is 8.34. The fourth-order valence-electron chi connectivity index (χ4n) is 2.67. The van der Waals surface area contributed by atoms with E-state index in [9.17, 15) is 0 Å². The Morgan fingerprint density at radius 3 is 3.06 bits per heavy atom. The minimum Gasteiger partial charge on any atom is -0.493 e. The smallest absolute Gasteiger partial charge is 0.124 e. The molecule has 1 saturated heterocycles. The Bertz CT molecular complexity index is 390. The summed E-state index contributed by atoms with van der Waals surface area (Å²) in [6.45, 7) is 3.10. The van der Waals surface area contributed by atoms with Crippen LogP contribution in [0.5, 0.6) is 5.75 Å². The molecule has 0 aliphatic carbocycles. The molecule has 2 aliphatic heterocycles. The molecule has 17 heavy (non-hydrogen) atoms. The Morgan fingerprint density at radius 2 is 2.24 bits per heavy atom. The first-order valence-electron chi connectivity index (χ1n) is 6.40. The van der Waals surface area contributed by atoms with Crippen LogP contribution in [-0.4, -0.2) is 24.2 Å². The van der Waals surface area contributed by atoms with E-state index in [4.69, 9.17) is 4.74 Å². The Labute approximate surface area is 107 Å². The summed E-state index contributed by atoms with van der Waals surface area (Å²) in [6, 6.07) is 9.59. The Balaban J connectivity index is 1.81. The molecule has 2 heterocycles. The van der Waals surface area contributed by atoms with E-state index >= 15 is 0 Å². The fourth-order valence-corrected chi connectivity index (χ4v) is 3.83. The second-order valence-electron chi connectivity index (χ2n) is 5.03. The second kappa shape index (κ2) is 4.91. The minimum atomic E-state index is 0.462. The van der Waals surface area contributed by atoms with Gasteiger partial charge in [-0.25, -0.2) is 0 Å². The molecule has 92 valence electrons. The number of ether oxygens (including phenoxy) is 1. The van der Waals surface area contributed by atoms with Crippen molar-refractivity contribution >= 4 is 11.8 Å². The van der Waals surface area contributed by atoms with Gasteiger partial charge in [0.2, 0.25) is 0 Å². The van der Waals surface area contributed by atoms with Crippen molar-refractivity contribution in [2.75, 3.05) is 18.1 Å². The molecule has 0 amide bonds. The van der Waals surface area contributed by atoms with Gasteiger partial charge in [0.05, 0.1) is 6.61 Å². The average molecular weight is 249 g/mol. The second-order valence-corrected chi connectivity index (χ2v) is 6.18. The maximum Gasteiger partial charge on any atom is 0.124 e. The maximum absolute atomic E-state index is 5.79. The third-order valence-corrected chi connectivity index (χ3v) is 4.83. The number of nitrogens with one attached hydrogen (secondary N) is 1. The first-order valence-corrected chi connectivity index (χ1v) is 7.55. The van der Waals surface area contributed by atoms with Gasteiger partial charge in [-0.3, -0.25) is 0 Å². The van der Waals surface area contributed by atoms with Crippen molar-refractivity contribution in [2.45, 2.75) is 25.4 Å². The van der Waals surface area contributed by atoms with Gasteiger partial charge in [-0.05, 0) is 18.2 Å². The molecule has 1 aromatic carbocycles. The number of hydrogen-bond acceptors (Lipinski definition) is 3. The Morgan fingerprint density at radius 1 is 1.35 bits per heavy atom. The number of fused-ring (bicyclic) bond motifs is 1. The van der Waals surface area contributed by atoms with E-state index < -0.39 is 0 Å². The summed E-state index contributed by atoms with van der Waals surface area (Å²) in [7, 11) is 0. The summed E-state index contributed by atoms with van der Waals surface area (Å²) in [5.74, 6) is 4.17. The largest absolute Gasteiger partial charge is 0.493 e. The predicted molar refractivity (Wildman–Crippen MR) is 72.7 cm³/mol. The summed E-state index contributed by atoms with van der Waals surface area (Å²) in [5.41, 5.74) is 1.34. The number of benzene rings is 1. The Kier molecular flexibility index (Phi) is 3.30. The van der Waals surface area contributed by atoms with Gasteiger partial charge in [-0.2, -0.15) is 11.8 Å². The van der Waals surface area contributed by atoms with Gasteiger partial charge in [-0.1, -0.05) is 25.1 Å². The summed E-state index contributed by atoms with van der Waals surface area (Å²) < 4.78 is 5.79. The zero-order valence-electron chi connectivity index (χ0n) is 10.2. The van der Waals surface area contributed by atoms with Gasteiger partial charge in [-0.15, -0.1) is 0 Å². The summed E-state index contributed by atoms with van der Waals surface area (Å²) in [6.07, 6.45) is 1.30. The van der Waals surface area contributed by atoms with Gasteiger partial charge in [0, 0.05) is 29.3 Å². The van der Waals surface area contributed by atoms with Crippen molar-refractivity contribution < 1.29 is 4.74 Å². The minimum absolute atomic E-state index is 0.462. The van der Waals surface area contributed by atoms with Crippen molar-refractivity contribution in [3.63, 3.8) is 0 Å². The van der Waals surface area contributed by atoms with Crippen LogP contribution in [0.3, 0.4) is 0 Å². The third-order valence-electron chi connectivity index (χ3n) is 3.67. The fraction of sp³-hybridized carbons (Fsp3) is 0.571. The molecule has 1 N–H and O–H groups in total. The highest BCUT2D eigenvalue weighted by Crippen LogP contribution is 2.36. The summed E-state index contributed by atoms with van der Waals surface area (Å²) >= 11 is 2.06. The summed E-state index contributed by atoms with van der Waals surface area (Å²) in [4.78, 5) is 0. The molecule has 2 aliphatic rings. The van der Waals surface area contributed by atoms with E-state index in [1.807, 2.05) is 0 Å². The Hall–Kier alpha value is -0.670. The zero-order valence-corrected chi connectivity index (χ0v) is 11.0. The van der Waals surface area contributed by atoms with Crippen LogP contribution in [0.25, 0.3) is 0 Å². The topological polar surface area (TPSA) is 21.3 Å². The van der Waals surface area contributed by atoms with Gasteiger partial charge >= 0.3 is 0 Å². The lowest BCUT2D eigenvalue weighted by Crippen LogP contribution is -2.39. The van der Waals surface area contributed by atoms with Crippen molar-refractivity contribution in [2.24, 2.45) is 5.92 Å². The molecule has 1 aromatic rings. The lowest BCUT2D eigenvalue weighted by molar-refractivity contribution is 0.182. The standard InChI is InChI=1S/C14H19NOS/c1-10-8-16-13-5-3-2-4-12(13)14(10)15-11-6-7-17-9-11/h2-5,10-11,14-15H,6-9H2,1H3. The van der Waals surface area contributed by atoms with E-state index in [0.29, 0.717) is 18.0 Å². The van der Waals surface area contributed by atoms with Crippen LogP contribution in [0.4, 0.5) is 0 Å². The monoisotopic (exact) mass is 249 g/mol. The van der Waals surface area contributed by atoms with Gasteiger partial charge in [0.15, 0.2) is 0 Å². The van der Waals surface area contributed by atoms with Crippen LogP contribution >= 0.6 is 11.8 Å². The predicted octanol–water partition coefficient (Wildman–Crippen LogP) is 2.85. The van der Waals surface area contributed by atoms with E-state index in [1.54, 1.807) is 0 Å². The average Bonchev–Trinajstić information content (AvgIpc) is 2.86. The molecular weight excluding hydrogens is 230 g/mol. The van der Waals surface area contributed by atoms with E-state index in [-0.39, 0.29) is 0 Å². The third kappa shape index (κ3) is 2.31. The normalized spacial score (nSPS) is 31.9. The highest BCUT2D eigenvalue weighted by Gasteiger charge is 2.30. The molecule has 3 unspecified atom stereocenters. The first kappa shape index (κ1) is 11.4. The summed E-state index contributed by atoms with van der Waals surface area (Å²) in [5, 5.41) is 3.82. The van der Waals surface area contributed by atoms with E-state index in [1.165, 1.54) is 23.5 Å². The highest BCUT2D eigenvalue weighted by molar-refractivity contribution is 7.99. The van der Waals surface area contributed by atoms with Crippen LogP contribution in [0.2, 0.25) is 0 Å². The number of thioether (sulfide) groups is 1. The maximum atomic E-state index is 5.79. The molecule has 0 aromatic heterocycles. The van der Waals surface area contributed by atoms with Crippen molar-refractivity contribution in [3.05, 3.63) is 29.8 Å². The number of rotatable bonds is 2. The SMILES string of the molecule is CC1COc2ccccc2C1NC1CCSC1. The zero-order chi connectivity index (χ0) is 11.7. The molecule has 2 nitrogen and oxygen atoms in total. The highest BCUT2D eigenvalue weighted by atomic mass is 32.2. The lowest BCUT2D eigenvalue weighted by Gasteiger charge is -2.34. The molecular formula is C14H19NOS. The molecule has 0 saturated carbocycles. The van der Waals surface area contributed by atoms with Crippen LogP contribution in [0, 0.1) is 5.92 Å². The lowest BCUT2D eigenvalue weighted by atomic mass is 9.91. The van der Waals surface area contributed by atoms with E-state index in [2.05, 4.69) is 48.3 Å². The van der Waals surface area contributed by atoms with Gasteiger partial charge in [0.1, 0.15) is 5.75 Å². The molecule has 0 radical (unpaired) electrons. The van der Waals surface area contributed by atoms with Crippen molar-refractivity contribution in [1.82, 2.24) is 5.32 Å². The molecule has 3 atom stereocenters. The van der Waals surface area contributed by atoms with E-state index in [0.717, 1.165) is 12.4 Å². The molecule has 0 spiro atoms. The molecule has 3 heteroatoms. The van der Waals surface area contributed by atoms with Gasteiger partial charge < -0.3 is 10.1 Å². The van der Waals surface area contributed by atoms with Crippen molar-refractivity contribution in [1.29, 1.82) is 0 Å². The number of para-hydroxylation sites is 1.